The van der Waals surface area contributed by atoms with E-state index < -0.39 is 30.5 Å². The molecule has 62 heavy (non-hydrogen) atoms. The largest absolute Gasteiger partial charge is 0.495 e. The van der Waals surface area contributed by atoms with Gasteiger partial charge in [0.25, 0.3) is 11.8 Å². The van der Waals surface area contributed by atoms with Crippen molar-refractivity contribution in [2.24, 2.45) is 11.3 Å². The Kier molecular flexibility index (Phi) is 12.3. The molecule has 4 N–H and O–H groups in total. The highest BCUT2D eigenvalue weighted by Gasteiger charge is 2.48. The number of carbonyl (C=O) groups excluding carboxylic acids is 3. The zero-order valence-electron chi connectivity index (χ0n) is 35.9. The molecular formula is C45H58F3N9O5. The van der Waals surface area contributed by atoms with Crippen molar-refractivity contribution in [3.8, 4) is 5.75 Å². The summed E-state index contributed by atoms with van der Waals surface area (Å²) in [5, 5.41) is 18.5. The van der Waals surface area contributed by atoms with Crippen LogP contribution in [0.25, 0.3) is 0 Å². The first-order chi connectivity index (χ1) is 29.6. The van der Waals surface area contributed by atoms with E-state index in [0.717, 1.165) is 82.6 Å². The fourth-order valence-corrected chi connectivity index (χ4v) is 10.0. The van der Waals surface area contributed by atoms with Crippen LogP contribution in [0, 0.1) is 17.2 Å². The fourth-order valence-electron chi connectivity index (χ4n) is 10.0. The van der Waals surface area contributed by atoms with Crippen LogP contribution >= 0.6 is 0 Å². The van der Waals surface area contributed by atoms with Gasteiger partial charge in [-0.3, -0.25) is 14.4 Å². The van der Waals surface area contributed by atoms with Gasteiger partial charge in [0.2, 0.25) is 11.9 Å². The van der Waals surface area contributed by atoms with Crippen molar-refractivity contribution in [3.05, 3.63) is 59.5 Å². The van der Waals surface area contributed by atoms with E-state index in [9.17, 15) is 28.3 Å². The van der Waals surface area contributed by atoms with E-state index in [1.165, 1.54) is 31.3 Å². The molecule has 3 saturated heterocycles. The molecule has 5 heterocycles. The smallest absolute Gasteiger partial charge is 0.342 e. The number of rotatable bonds is 11. The Labute approximate surface area is 360 Å². The minimum absolute atomic E-state index is 0.0964. The minimum Gasteiger partial charge on any atom is -0.495 e. The van der Waals surface area contributed by atoms with Gasteiger partial charge < -0.3 is 45.4 Å². The summed E-state index contributed by atoms with van der Waals surface area (Å²) in [5.41, 5.74) is 2.60. The van der Waals surface area contributed by atoms with Crippen molar-refractivity contribution < 1.29 is 37.4 Å². The van der Waals surface area contributed by atoms with Gasteiger partial charge >= 0.3 is 5.92 Å². The highest BCUT2D eigenvalue weighted by molar-refractivity contribution is 6.02. The summed E-state index contributed by atoms with van der Waals surface area (Å²) in [5.74, 6) is -4.79. The van der Waals surface area contributed by atoms with Crippen molar-refractivity contribution in [1.82, 2.24) is 25.5 Å². The standard InChI is InChI=1S/C45H58F3N9O5/c1-27(2)57-26-45(47,48)42(61)54(3)36-25-49-43(53-39(36)57)51-34-8-5-30(22-37(34)62-4)40(59)50-31-23-44(24-31)14-19-55(20-15-44)16-11-28-12-17-56(18-13-28)35-9-6-29(21-33(35)46)32-7-10-38(58)52-41(32)60/h5-6,8-9,21-22,25,27-28,31-32,38,58H,7,10-20,23-24,26H2,1-4H3,(H,50,59)(H,52,60)(H,49,51,53). The van der Waals surface area contributed by atoms with Crippen LogP contribution in [0.5, 0.6) is 5.75 Å². The maximum Gasteiger partial charge on any atom is 0.342 e. The molecule has 0 bridgehead atoms. The highest BCUT2D eigenvalue weighted by Crippen LogP contribution is 2.49. The first kappa shape index (κ1) is 43.5. The molecule has 3 aromatic rings. The van der Waals surface area contributed by atoms with E-state index in [4.69, 9.17) is 4.74 Å². The van der Waals surface area contributed by atoms with Crippen molar-refractivity contribution >= 4 is 46.5 Å². The molecule has 3 amide bonds. The van der Waals surface area contributed by atoms with E-state index in [1.807, 2.05) is 6.07 Å². The van der Waals surface area contributed by atoms with Gasteiger partial charge in [0.1, 0.15) is 23.5 Å². The number of nitrogens with zero attached hydrogens (tertiary/aromatic N) is 6. The molecular weight excluding hydrogens is 804 g/mol. The summed E-state index contributed by atoms with van der Waals surface area (Å²) in [4.78, 5) is 54.0. The maximum absolute atomic E-state index is 15.3. The molecule has 8 rings (SSSR count). The average Bonchev–Trinajstić information content (AvgIpc) is 3.31. The number of methoxy groups -OCH3 is 1. The van der Waals surface area contributed by atoms with Gasteiger partial charge in [-0.2, -0.15) is 13.8 Å². The molecule has 0 radical (unpaired) electrons. The van der Waals surface area contributed by atoms with Crippen molar-refractivity contribution in [2.45, 2.75) is 102 Å². The fraction of sp³-hybridized carbons (Fsp3) is 0.578. The van der Waals surface area contributed by atoms with Crippen LogP contribution in [-0.2, 0) is 9.59 Å². The molecule has 5 aliphatic rings. The third-order valence-corrected chi connectivity index (χ3v) is 13.9. The van der Waals surface area contributed by atoms with E-state index in [1.54, 1.807) is 38.1 Å². The molecule has 2 atom stereocenters. The summed E-state index contributed by atoms with van der Waals surface area (Å²) >= 11 is 0. The predicted molar refractivity (Wildman–Crippen MR) is 230 cm³/mol. The molecule has 2 unspecified atom stereocenters. The number of halogens is 3. The number of ether oxygens (including phenoxy) is 1. The molecule has 334 valence electrons. The number of anilines is 5. The number of aliphatic hydroxyl groups is 1. The number of hydrogen-bond acceptors (Lipinski definition) is 11. The van der Waals surface area contributed by atoms with Gasteiger partial charge in [-0.05, 0) is 138 Å². The van der Waals surface area contributed by atoms with E-state index in [-0.39, 0.29) is 52.6 Å². The van der Waals surface area contributed by atoms with Crippen LogP contribution in [0.4, 0.5) is 42.0 Å². The normalized spacial score (nSPS) is 23.1. The predicted octanol–water partition coefficient (Wildman–Crippen LogP) is 5.79. The number of piperidine rings is 3. The Morgan fingerprint density at radius 3 is 2.44 bits per heavy atom. The van der Waals surface area contributed by atoms with E-state index in [0.29, 0.717) is 47.0 Å². The molecule has 1 aromatic heterocycles. The number of benzene rings is 2. The second-order valence-electron chi connectivity index (χ2n) is 18.2. The lowest BCUT2D eigenvalue weighted by Gasteiger charge is -2.52. The molecule has 4 aliphatic heterocycles. The van der Waals surface area contributed by atoms with Crippen molar-refractivity contribution in [2.75, 3.05) is 73.4 Å². The van der Waals surface area contributed by atoms with Gasteiger partial charge in [-0.25, -0.2) is 9.37 Å². The number of amides is 3. The third kappa shape index (κ3) is 9.01. The van der Waals surface area contributed by atoms with Crippen LogP contribution in [0.1, 0.15) is 93.5 Å². The molecule has 14 nitrogen and oxygen atoms in total. The number of carbonyl (C=O) groups is 3. The first-order valence-electron chi connectivity index (χ1n) is 21.9. The van der Waals surface area contributed by atoms with E-state index in [2.05, 4.69) is 35.7 Å². The molecule has 4 fully saturated rings. The molecule has 17 heteroatoms. The summed E-state index contributed by atoms with van der Waals surface area (Å²) in [7, 11) is 2.78. The summed E-state index contributed by atoms with van der Waals surface area (Å²) in [6.07, 6.45) is 8.75. The second kappa shape index (κ2) is 17.5. The number of fused-ring (bicyclic) bond motifs is 1. The first-order valence-corrected chi connectivity index (χ1v) is 21.9. The number of alkyl halides is 2. The van der Waals surface area contributed by atoms with Crippen LogP contribution in [0.15, 0.2) is 42.6 Å². The molecule has 1 spiro atoms. The number of likely N-dealkylation sites (tertiary alicyclic amines) is 1. The van der Waals surface area contributed by atoms with Crippen LogP contribution in [0.2, 0.25) is 0 Å². The number of hydrogen-bond donors (Lipinski definition) is 4. The number of aromatic nitrogens is 2. The lowest BCUT2D eigenvalue weighted by atomic mass is 9.60. The second-order valence-corrected chi connectivity index (χ2v) is 18.2. The Morgan fingerprint density at radius 1 is 1.02 bits per heavy atom. The van der Waals surface area contributed by atoms with Gasteiger partial charge in [0.05, 0.1) is 37.1 Å². The lowest BCUT2D eigenvalue weighted by molar-refractivity contribution is -0.140. The maximum atomic E-state index is 15.3. The SMILES string of the molecule is COc1cc(C(=O)NC2CC3(CCN(CCC4CCN(c5ccc(C6CCC(O)NC6=O)cc5F)CC4)CC3)C2)ccc1Nc1ncc2c(n1)N(C(C)C)CC(F)(F)C(=O)N2C. The lowest BCUT2D eigenvalue weighted by Crippen LogP contribution is -2.55. The zero-order valence-corrected chi connectivity index (χ0v) is 35.9. The Morgan fingerprint density at radius 2 is 1.76 bits per heavy atom. The zero-order chi connectivity index (χ0) is 43.9. The number of nitrogens with one attached hydrogen (secondary N) is 3. The number of aliphatic hydroxyl groups excluding tert-OH is 1. The molecule has 1 aliphatic carbocycles. The quantitative estimate of drug-likeness (QED) is 0.185. The molecule has 1 saturated carbocycles. The van der Waals surface area contributed by atoms with Gasteiger partial charge in [0.15, 0.2) is 5.82 Å². The van der Waals surface area contributed by atoms with E-state index >= 15 is 4.39 Å². The summed E-state index contributed by atoms with van der Waals surface area (Å²) < 4.78 is 50.4. The highest BCUT2D eigenvalue weighted by atomic mass is 19.3. The van der Waals surface area contributed by atoms with Crippen molar-refractivity contribution in [3.63, 3.8) is 0 Å². The van der Waals surface area contributed by atoms with Crippen LogP contribution in [0.3, 0.4) is 0 Å². The monoisotopic (exact) mass is 861 g/mol. The van der Waals surface area contributed by atoms with Gasteiger partial charge in [-0.15, -0.1) is 0 Å². The topological polar surface area (TPSA) is 156 Å². The average molecular weight is 862 g/mol. The van der Waals surface area contributed by atoms with Crippen LogP contribution in [-0.4, -0.2) is 115 Å². The molecule has 2 aromatic carbocycles. The third-order valence-electron chi connectivity index (χ3n) is 13.9. The van der Waals surface area contributed by atoms with Crippen LogP contribution < -0.4 is 35.4 Å². The van der Waals surface area contributed by atoms with Crippen molar-refractivity contribution in [1.29, 1.82) is 0 Å². The Balaban J connectivity index is 0.774. The van der Waals surface area contributed by atoms with Gasteiger partial charge in [-0.1, -0.05) is 6.07 Å². The Bertz CT molecular complexity index is 2150. The summed E-state index contributed by atoms with van der Waals surface area (Å²) in [6, 6.07) is 9.90. The minimum atomic E-state index is -3.60. The summed E-state index contributed by atoms with van der Waals surface area (Å²) in [6.45, 7) is 7.46. The van der Waals surface area contributed by atoms with Gasteiger partial charge in [0, 0.05) is 37.8 Å². The Hall–Kier alpha value is -5.16.